The molecule has 37 heavy (non-hydrogen) atoms. The molecule has 190 valence electrons. The normalized spacial score (nSPS) is 18.0. The molecule has 1 aliphatic rings. The molecule has 0 bridgehead atoms. The summed E-state index contributed by atoms with van der Waals surface area (Å²) >= 11 is 0. The molecule has 1 aliphatic carbocycles. The molecule has 8 nitrogen and oxygen atoms in total. The van der Waals surface area contributed by atoms with Crippen molar-refractivity contribution in [1.29, 1.82) is 0 Å². The van der Waals surface area contributed by atoms with Crippen LogP contribution < -0.4 is 11.1 Å². The van der Waals surface area contributed by atoms with Crippen molar-refractivity contribution in [3.05, 3.63) is 77.4 Å². The van der Waals surface area contributed by atoms with Crippen LogP contribution in [0.2, 0.25) is 0 Å². The van der Waals surface area contributed by atoms with Gasteiger partial charge in [0.25, 0.3) is 10.0 Å². The number of nitrogens with one attached hydrogen (secondary N) is 1. The summed E-state index contributed by atoms with van der Waals surface area (Å²) in [6.07, 6.45) is 5.47. The summed E-state index contributed by atoms with van der Waals surface area (Å²) in [5, 5.41) is 3.21. The van der Waals surface area contributed by atoms with Crippen molar-refractivity contribution in [2.45, 2.75) is 49.6 Å². The minimum atomic E-state index is -4.22. The van der Waals surface area contributed by atoms with Crippen molar-refractivity contribution in [3.63, 3.8) is 0 Å². The molecule has 2 atom stereocenters. The Morgan fingerprint density at radius 1 is 1.16 bits per heavy atom. The van der Waals surface area contributed by atoms with Gasteiger partial charge in [-0.3, -0.25) is 0 Å². The molecular weight excluding hydrogens is 498 g/mol. The first-order valence-electron chi connectivity index (χ1n) is 11.8. The van der Waals surface area contributed by atoms with Crippen molar-refractivity contribution < 1.29 is 17.2 Å². The van der Waals surface area contributed by atoms with Gasteiger partial charge >= 0.3 is 0 Å². The molecule has 11 heteroatoms. The molecule has 0 saturated heterocycles. The van der Waals surface area contributed by atoms with Gasteiger partial charge < -0.3 is 11.1 Å². The van der Waals surface area contributed by atoms with Gasteiger partial charge in [-0.05, 0) is 56.9 Å². The molecule has 0 aliphatic heterocycles. The summed E-state index contributed by atoms with van der Waals surface area (Å²) in [5.41, 5.74) is 6.80. The fourth-order valence-corrected chi connectivity index (χ4v) is 6.05. The summed E-state index contributed by atoms with van der Waals surface area (Å²) in [4.78, 5) is 11.7. The number of rotatable bonds is 5. The summed E-state index contributed by atoms with van der Waals surface area (Å²) in [6.45, 7) is 9.15. The van der Waals surface area contributed by atoms with E-state index in [-0.39, 0.29) is 50.8 Å². The Bertz CT molecular complexity index is 1640. The maximum absolute atomic E-state index is 15.3. The average molecular weight is 523 g/mol. The number of hydrogen-bond donors (Lipinski definition) is 2. The van der Waals surface area contributed by atoms with E-state index < -0.39 is 21.7 Å². The van der Waals surface area contributed by atoms with Crippen molar-refractivity contribution in [3.8, 4) is 11.4 Å². The van der Waals surface area contributed by atoms with Crippen LogP contribution in [0.3, 0.4) is 0 Å². The van der Waals surface area contributed by atoms with Gasteiger partial charge in [-0.15, -0.1) is 0 Å². The number of benzene rings is 2. The highest BCUT2D eigenvalue weighted by Gasteiger charge is 2.27. The number of nitrogens with zero attached hydrogens (tertiary/aromatic N) is 4. The summed E-state index contributed by atoms with van der Waals surface area (Å²) < 4.78 is 57.8. The van der Waals surface area contributed by atoms with Gasteiger partial charge in [0.15, 0.2) is 23.1 Å². The van der Waals surface area contributed by atoms with Crippen LogP contribution in [0.25, 0.3) is 27.1 Å². The lowest BCUT2D eigenvalue weighted by atomic mass is 9.92. The van der Waals surface area contributed by atoms with Gasteiger partial charge in [0.2, 0.25) is 0 Å². The second-order valence-corrected chi connectivity index (χ2v) is 11.1. The predicted molar refractivity (Wildman–Crippen MR) is 137 cm³/mol. The number of nitrogens with two attached hydrogens (primary N) is 1. The van der Waals surface area contributed by atoms with Gasteiger partial charge in [-0.25, -0.2) is 36.0 Å². The SMILES string of the molecule is [C-]#[N+]c1cc(F)c2c(c1)c(-c1ncc(F)c(N[C@H]3CCC[C@@H](N)C3)n1)cn2S(=O)(=O)c1ccc(C)cc1. The van der Waals surface area contributed by atoms with E-state index in [2.05, 4.69) is 20.1 Å². The first kappa shape index (κ1) is 24.8. The third-order valence-electron chi connectivity index (χ3n) is 6.55. The Kier molecular flexibility index (Phi) is 6.39. The van der Waals surface area contributed by atoms with Gasteiger partial charge in [0, 0.05) is 29.2 Å². The minimum Gasteiger partial charge on any atom is -0.365 e. The maximum atomic E-state index is 15.3. The van der Waals surface area contributed by atoms with E-state index in [4.69, 9.17) is 12.3 Å². The largest absolute Gasteiger partial charge is 0.365 e. The van der Waals surface area contributed by atoms with Crippen LogP contribution in [-0.2, 0) is 10.0 Å². The zero-order valence-electron chi connectivity index (χ0n) is 19.9. The smallest absolute Gasteiger partial charge is 0.268 e. The minimum absolute atomic E-state index is 0.00612. The average Bonchev–Trinajstić information content (AvgIpc) is 3.27. The molecule has 2 heterocycles. The van der Waals surface area contributed by atoms with Crippen LogP contribution >= 0.6 is 0 Å². The molecule has 0 radical (unpaired) electrons. The highest BCUT2D eigenvalue weighted by atomic mass is 32.2. The van der Waals surface area contributed by atoms with E-state index in [0.29, 0.717) is 6.42 Å². The third-order valence-corrected chi connectivity index (χ3v) is 8.23. The number of fused-ring (bicyclic) bond motifs is 1. The van der Waals surface area contributed by atoms with Crippen molar-refractivity contribution in [2.75, 3.05) is 5.32 Å². The van der Waals surface area contributed by atoms with E-state index in [9.17, 15) is 12.8 Å². The molecular formula is C26H24F2N6O2S. The van der Waals surface area contributed by atoms with Crippen LogP contribution in [-0.4, -0.2) is 34.4 Å². The van der Waals surface area contributed by atoms with Crippen molar-refractivity contribution >= 4 is 32.4 Å². The summed E-state index contributed by atoms with van der Waals surface area (Å²) in [5.74, 6) is -1.62. The molecule has 2 aromatic carbocycles. The molecule has 0 amide bonds. The van der Waals surface area contributed by atoms with Crippen LogP contribution in [0.1, 0.15) is 31.2 Å². The van der Waals surface area contributed by atoms with E-state index in [1.54, 1.807) is 12.1 Å². The molecule has 3 N–H and O–H groups in total. The van der Waals surface area contributed by atoms with Crippen LogP contribution in [0, 0.1) is 25.1 Å². The molecule has 0 unspecified atom stereocenters. The zero-order valence-corrected chi connectivity index (χ0v) is 20.8. The topological polar surface area (TPSA) is 107 Å². The second-order valence-electron chi connectivity index (χ2n) is 9.25. The zero-order chi connectivity index (χ0) is 26.3. The molecule has 4 aromatic rings. The van der Waals surface area contributed by atoms with Crippen LogP contribution in [0.15, 0.2) is 53.7 Å². The fraction of sp³-hybridized carbons (Fsp3) is 0.269. The highest BCUT2D eigenvalue weighted by molar-refractivity contribution is 7.90. The Balaban J connectivity index is 1.67. The molecule has 0 spiro atoms. The fourth-order valence-electron chi connectivity index (χ4n) is 4.67. The third kappa shape index (κ3) is 4.65. The first-order chi connectivity index (χ1) is 17.7. The van der Waals surface area contributed by atoms with Gasteiger partial charge in [0.1, 0.15) is 5.82 Å². The lowest BCUT2D eigenvalue weighted by Gasteiger charge is -2.27. The van der Waals surface area contributed by atoms with Crippen LogP contribution in [0.4, 0.5) is 20.3 Å². The Morgan fingerprint density at radius 3 is 2.62 bits per heavy atom. The summed E-state index contributed by atoms with van der Waals surface area (Å²) in [6, 6.07) is 8.45. The Hall–Kier alpha value is -3.88. The number of aryl methyl sites for hydroxylation is 1. The maximum Gasteiger partial charge on any atom is 0.268 e. The molecule has 1 saturated carbocycles. The Labute approximate surface area is 213 Å². The van der Waals surface area contributed by atoms with Crippen molar-refractivity contribution in [2.24, 2.45) is 5.73 Å². The number of anilines is 1. The summed E-state index contributed by atoms with van der Waals surface area (Å²) in [7, 11) is -4.22. The number of halogens is 2. The van der Waals surface area contributed by atoms with Gasteiger partial charge in [-0.1, -0.05) is 17.7 Å². The molecule has 5 rings (SSSR count). The van der Waals surface area contributed by atoms with E-state index in [1.165, 1.54) is 24.4 Å². The van der Waals surface area contributed by atoms with Crippen molar-refractivity contribution in [1.82, 2.24) is 13.9 Å². The van der Waals surface area contributed by atoms with Gasteiger partial charge in [0.05, 0.1) is 23.2 Å². The molecule has 1 fully saturated rings. The van der Waals surface area contributed by atoms with Gasteiger partial charge in [-0.2, -0.15) is 0 Å². The second kappa shape index (κ2) is 9.53. The highest BCUT2D eigenvalue weighted by Crippen LogP contribution is 2.36. The first-order valence-corrected chi connectivity index (χ1v) is 13.2. The molecule has 2 aromatic heterocycles. The standard InChI is InChI=1S/C26H24F2N6O2S/c1-15-6-8-19(9-7-15)37(35,36)34-14-21(20-11-18(30-2)12-22(27)24(20)34)25-31-13-23(28)26(33-25)32-17-5-3-4-16(29)10-17/h6-9,11-14,16-17H,3-5,10,29H2,1H3,(H,31,32,33)/t16-,17+/m1/s1. The lowest BCUT2D eigenvalue weighted by molar-refractivity contribution is 0.407. The van der Waals surface area contributed by atoms with E-state index >= 15 is 4.39 Å². The van der Waals surface area contributed by atoms with Crippen LogP contribution in [0.5, 0.6) is 0 Å². The Morgan fingerprint density at radius 2 is 1.92 bits per heavy atom. The monoisotopic (exact) mass is 522 g/mol. The predicted octanol–water partition coefficient (Wildman–Crippen LogP) is 5.15. The quantitative estimate of drug-likeness (QED) is 0.351. The number of hydrogen-bond acceptors (Lipinski definition) is 6. The van der Waals surface area contributed by atoms with E-state index in [0.717, 1.165) is 41.1 Å². The number of aromatic nitrogens is 3. The van der Waals surface area contributed by atoms with E-state index in [1.807, 2.05) is 6.92 Å². The lowest BCUT2D eigenvalue weighted by Crippen LogP contribution is -2.35.